The quantitative estimate of drug-likeness (QED) is 0.474. The third kappa shape index (κ3) is 5.97. The topological polar surface area (TPSA) is 117 Å². The predicted molar refractivity (Wildman–Crippen MR) is 127 cm³/mol. The summed E-state index contributed by atoms with van der Waals surface area (Å²) in [6.07, 6.45) is 4.40. The van der Waals surface area contributed by atoms with Gasteiger partial charge in [-0.25, -0.2) is 4.79 Å². The number of carbonyl (C=O) groups is 3. The van der Waals surface area contributed by atoms with Gasteiger partial charge in [0.2, 0.25) is 0 Å². The molecule has 0 spiro atoms. The number of carbonyl (C=O) groups excluding carboxylic acids is 3. The van der Waals surface area contributed by atoms with E-state index in [1.165, 1.54) is 23.5 Å². The minimum absolute atomic E-state index is 0.129. The molecule has 0 radical (unpaired) electrons. The maximum absolute atomic E-state index is 12.5. The Morgan fingerprint density at radius 3 is 2.61 bits per heavy atom. The van der Waals surface area contributed by atoms with Crippen molar-refractivity contribution in [3.05, 3.63) is 38.7 Å². The predicted octanol–water partition coefficient (Wildman–Crippen LogP) is 4.36. The first kappa shape index (κ1) is 24.9. The molecule has 1 aliphatic rings. The van der Waals surface area contributed by atoms with Crippen molar-refractivity contribution in [1.29, 1.82) is 0 Å². The van der Waals surface area contributed by atoms with Crippen LogP contribution < -0.4 is 20.5 Å². The monoisotopic (exact) mass is 494 g/mol. The Labute approximate surface area is 201 Å². The van der Waals surface area contributed by atoms with Gasteiger partial charge in [-0.3, -0.25) is 9.59 Å². The van der Waals surface area contributed by atoms with Crippen LogP contribution in [0.4, 0.5) is 5.00 Å². The molecule has 33 heavy (non-hydrogen) atoms. The highest BCUT2D eigenvalue weighted by Gasteiger charge is 2.25. The van der Waals surface area contributed by atoms with Crippen molar-refractivity contribution in [2.45, 2.75) is 46.0 Å². The fourth-order valence-electron chi connectivity index (χ4n) is 3.58. The number of fused-ring (bicyclic) bond motifs is 1. The van der Waals surface area contributed by atoms with Gasteiger partial charge in [0.1, 0.15) is 5.00 Å². The molecule has 178 valence electrons. The van der Waals surface area contributed by atoms with Crippen LogP contribution in [0.2, 0.25) is 5.02 Å². The molecular weight excluding hydrogens is 468 g/mol. The second-order valence-corrected chi connectivity index (χ2v) is 8.98. The number of ether oxygens (including phenoxy) is 3. The van der Waals surface area contributed by atoms with Gasteiger partial charge in [0.05, 0.1) is 29.4 Å². The number of benzene rings is 1. The fraction of sp³-hybridized carbons (Fsp3) is 0.435. The second kappa shape index (κ2) is 11.4. The Morgan fingerprint density at radius 1 is 1.15 bits per heavy atom. The molecule has 0 bridgehead atoms. The number of hydrogen-bond acceptors (Lipinski definition) is 7. The molecule has 2 aromatic rings. The van der Waals surface area contributed by atoms with E-state index in [1.54, 1.807) is 6.92 Å². The standard InChI is InChI=1S/C23H27ClN2O6S/c1-3-9-31-20-15(24)10-13(11-16(20)30-4-2)23(29)32-12-18(27)26-22-19(21(25)28)14-7-5-6-8-17(14)33-22/h10-11H,3-9,12H2,1-2H3,(H2,25,28)(H,26,27). The number of nitrogens with one attached hydrogen (secondary N) is 1. The first-order chi connectivity index (χ1) is 15.8. The number of rotatable bonds is 10. The van der Waals surface area contributed by atoms with E-state index in [9.17, 15) is 14.4 Å². The third-order valence-corrected chi connectivity index (χ3v) is 6.49. The van der Waals surface area contributed by atoms with Gasteiger partial charge in [0.15, 0.2) is 18.1 Å². The van der Waals surface area contributed by atoms with E-state index >= 15 is 0 Å². The van der Waals surface area contributed by atoms with Crippen LogP contribution in [0.15, 0.2) is 12.1 Å². The molecule has 1 aliphatic carbocycles. The third-order valence-electron chi connectivity index (χ3n) is 5.00. The smallest absolute Gasteiger partial charge is 0.338 e. The van der Waals surface area contributed by atoms with E-state index in [0.717, 1.165) is 42.5 Å². The normalized spacial score (nSPS) is 12.6. The number of anilines is 1. The van der Waals surface area contributed by atoms with Crippen molar-refractivity contribution in [2.75, 3.05) is 25.1 Å². The van der Waals surface area contributed by atoms with E-state index < -0.39 is 24.4 Å². The van der Waals surface area contributed by atoms with Gasteiger partial charge in [-0.1, -0.05) is 18.5 Å². The number of halogens is 1. The number of primary amides is 1. The van der Waals surface area contributed by atoms with Gasteiger partial charge in [0, 0.05) is 4.88 Å². The fourth-order valence-corrected chi connectivity index (χ4v) is 5.16. The van der Waals surface area contributed by atoms with Crippen LogP contribution in [0.25, 0.3) is 0 Å². The minimum Gasteiger partial charge on any atom is -0.490 e. The maximum atomic E-state index is 12.5. The Morgan fingerprint density at radius 2 is 1.91 bits per heavy atom. The van der Waals surface area contributed by atoms with Crippen LogP contribution in [0, 0.1) is 0 Å². The molecule has 8 nitrogen and oxygen atoms in total. The van der Waals surface area contributed by atoms with Crippen LogP contribution in [-0.4, -0.2) is 37.6 Å². The lowest BCUT2D eigenvalue weighted by atomic mass is 9.95. The molecule has 3 N–H and O–H groups in total. The van der Waals surface area contributed by atoms with Gasteiger partial charge in [0.25, 0.3) is 11.8 Å². The summed E-state index contributed by atoms with van der Waals surface area (Å²) in [6, 6.07) is 2.88. The molecule has 1 heterocycles. The molecule has 1 aromatic heterocycles. The molecule has 2 amide bonds. The van der Waals surface area contributed by atoms with Crippen LogP contribution in [0.5, 0.6) is 11.5 Å². The summed E-state index contributed by atoms with van der Waals surface area (Å²) in [5.74, 6) is -1.20. The molecule has 10 heteroatoms. The number of hydrogen-bond donors (Lipinski definition) is 2. The van der Waals surface area contributed by atoms with Gasteiger partial charge >= 0.3 is 5.97 Å². The lowest BCUT2D eigenvalue weighted by molar-refractivity contribution is -0.119. The van der Waals surface area contributed by atoms with Gasteiger partial charge in [-0.15, -0.1) is 11.3 Å². The number of amides is 2. The molecule has 0 fully saturated rings. The summed E-state index contributed by atoms with van der Waals surface area (Å²) < 4.78 is 16.3. The van der Waals surface area contributed by atoms with E-state index in [-0.39, 0.29) is 10.6 Å². The van der Waals surface area contributed by atoms with E-state index in [4.69, 9.17) is 31.5 Å². The average molecular weight is 495 g/mol. The summed E-state index contributed by atoms with van der Waals surface area (Å²) >= 11 is 7.63. The number of nitrogens with two attached hydrogens (primary N) is 1. The summed E-state index contributed by atoms with van der Waals surface area (Å²) in [4.78, 5) is 38.0. The molecular formula is C23H27ClN2O6S. The molecule has 3 rings (SSSR count). The van der Waals surface area contributed by atoms with Crippen molar-refractivity contribution >= 4 is 45.7 Å². The molecule has 0 saturated heterocycles. The highest BCUT2D eigenvalue weighted by atomic mass is 35.5. The van der Waals surface area contributed by atoms with Gasteiger partial charge in [-0.2, -0.15) is 0 Å². The molecule has 0 saturated carbocycles. The molecule has 0 unspecified atom stereocenters. The highest BCUT2D eigenvalue weighted by molar-refractivity contribution is 7.17. The summed E-state index contributed by atoms with van der Waals surface area (Å²) in [6.45, 7) is 4.03. The van der Waals surface area contributed by atoms with E-state index in [1.807, 2.05) is 6.92 Å². The van der Waals surface area contributed by atoms with Crippen molar-refractivity contribution in [3.63, 3.8) is 0 Å². The molecule has 0 aliphatic heterocycles. The zero-order valence-corrected chi connectivity index (χ0v) is 20.2. The van der Waals surface area contributed by atoms with Crippen molar-refractivity contribution in [1.82, 2.24) is 0 Å². The van der Waals surface area contributed by atoms with E-state index in [2.05, 4.69) is 5.32 Å². The van der Waals surface area contributed by atoms with Crippen LogP contribution in [0.3, 0.4) is 0 Å². The largest absolute Gasteiger partial charge is 0.490 e. The second-order valence-electron chi connectivity index (χ2n) is 7.47. The van der Waals surface area contributed by atoms with Crippen LogP contribution in [0.1, 0.15) is 64.3 Å². The van der Waals surface area contributed by atoms with Crippen molar-refractivity contribution < 1.29 is 28.6 Å². The lowest BCUT2D eigenvalue weighted by Crippen LogP contribution is -2.23. The van der Waals surface area contributed by atoms with Crippen molar-refractivity contribution in [3.8, 4) is 11.5 Å². The SMILES string of the molecule is CCCOc1c(Cl)cc(C(=O)OCC(=O)Nc2sc3c(c2C(N)=O)CCCC3)cc1OCC. The minimum atomic E-state index is -0.740. The summed E-state index contributed by atoms with van der Waals surface area (Å²) in [5, 5.41) is 3.27. The molecule has 0 atom stereocenters. The zero-order chi connectivity index (χ0) is 24.0. The van der Waals surface area contributed by atoms with E-state index in [0.29, 0.717) is 35.3 Å². The molecule has 1 aromatic carbocycles. The number of aryl methyl sites for hydroxylation is 1. The Balaban J connectivity index is 1.68. The average Bonchev–Trinajstić information content (AvgIpc) is 3.14. The van der Waals surface area contributed by atoms with Gasteiger partial charge < -0.3 is 25.3 Å². The van der Waals surface area contributed by atoms with Crippen LogP contribution >= 0.6 is 22.9 Å². The number of esters is 1. The Hall–Kier alpha value is -2.78. The van der Waals surface area contributed by atoms with Gasteiger partial charge in [-0.05, 0) is 56.7 Å². The zero-order valence-electron chi connectivity index (χ0n) is 18.6. The number of thiophene rings is 1. The first-order valence-corrected chi connectivity index (χ1v) is 12.1. The maximum Gasteiger partial charge on any atom is 0.338 e. The summed E-state index contributed by atoms with van der Waals surface area (Å²) in [5.41, 5.74) is 6.94. The summed E-state index contributed by atoms with van der Waals surface area (Å²) in [7, 11) is 0. The van der Waals surface area contributed by atoms with Crippen LogP contribution in [-0.2, 0) is 22.4 Å². The highest BCUT2D eigenvalue weighted by Crippen LogP contribution is 2.38. The first-order valence-electron chi connectivity index (χ1n) is 10.9. The van der Waals surface area contributed by atoms with Crippen molar-refractivity contribution in [2.24, 2.45) is 5.73 Å². The Bertz CT molecular complexity index is 1050. The lowest BCUT2D eigenvalue weighted by Gasteiger charge is -2.14. The Kier molecular flexibility index (Phi) is 8.57.